The van der Waals surface area contributed by atoms with Crippen LogP contribution in [0.25, 0.3) is 0 Å². The first-order chi connectivity index (χ1) is 7.00. The van der Waals surface area contributed by atoms with Gasteiger partial charge in [-0.05, 0) is 18.4 Å². The van der Waals surface area contributed by atoms with Crippen LogP contribution in [0.2, 0.25) is 10.0 Å². The molecule has 1 aromatic heterocycles. The normalized spacial score (nSPS) is 10.7. The van der Waals surface area contributed by atoms with E-state index < -0.39 is 0 Å². The molecule has 1 heterocycles. The van der Waals surface area contributed by atoms with Gasteiger partial charge in [-0.2, -0.15) is 0 Å². The average molecular weight is 248 g/mol. The molecule has 3 N–H and O–H groups in total. The standard InChI is InChI=1S/C10H15Cl2N3/c1-6(2)3-4-14-10-8(12)5-7(11)9(13)15-10/h5-6H,3-4H2,1-2H3,(H3,13,14,15). The predicted molar refractivity (Wildman–Crippen MR) is 66.6 cm³/mol. The molecule has 0 aromatic carbocycles. The van der Waals surface area contributed by atoms with Crippen molar-refractivity contribution in [1.29, 1.82) is 0 Å². The number of hydrogen-bond donors (Lipinski definition) is 2. The van der Waals surface area contributed by atoms with Crippen LogP contribution in [0.5, 0.6) is 0 Å². The third kappa shape index (κ3) is 3.76. The third-order valence-electron chi connectivity index (χ3n) is 1.97. The molecule has 84 valence electrons. The largest absolute Gasteiger partial charge is 0.382 e. The maximum absolute atomic E-state index is 5.95. The molecule has 0 atom stereocenters. The molecule has 3 nitrogen and oxygen atoms in total. The molecule has 0 bridgehead atoms. The highest BCUT2D eigenvalue weighted by Gasteiger charge is 2.06. The molecule has 0 unspecified atom stereocenters. The number of hydrogen-bond acceptors (Lipinski definition) is 3. The summed E-state index contributed by atoms with van der Waals surface area (Å²) in [7, 11) is 0. The number of halogens is 2. The predicted octanol–water partition coefficient (Wildman–Crippen LogP) is 3.43. The van der Waals surface area contributed by atoms with Crippen molar-refractivity contribution >= 4 is 34.8 Å². The molecule has 1 rings (SSSR count). The van der Waals surface area contributed by atoms with Gasteiger partial charge in [-0.1, -0.05) is 37.0 Å². The number of nitrogens with two attached hydrogens (primary N) is 1. The molecule has 1 aromatic rings. The quantitative estimate of drug-likeness (QED) is 0.858. The first-order valence-electron chi connectivity index (χ1n) is 4.86. The Morgan fingerprint density at radius 1 is 1.40 bits per heavy atom. The number of aromatic nitrogens is 1. The number of nitrogen functional groups attached to an aromatic ring is 1. The minimum atomic E-state index is 0.299. The lowest BCUT2D eigenvalue weighted by Crippen LogP contribution is -2.07. The third-order valence-corrected chi connectivity index (χ3v) is 2.56. The lowest BCUT2D eigenvalue weighted by molar-refractivity contribution is 0.606. The van der Waals surface area contributed by atoms with Gasteiger partial charge >= 0.3 is 0 Å². The van der Waals surface area contributed by atoms with Crippen molar-refractivity contribution in [3.63, 3.8) is 0 Å². The van der Waals surface area contributed by atoms with E-state index in [1.54, 1.807) is 6.07 Å². The van der Waals surface area contributed by atoms with Crippen LogP contribution >= 0.6 is 23.2 Å². The Balaban J connectivity index is 2.65. The van der Waals surface area contributed by atoms with E-state index in [9.17, 15) is 0 Å². The number of rotatable bonds is 4. The molecule has 0 saturated carbocycles. The second-order valence-electron chi connectivity index (χ2n) is 3.80. The fourth-order valence-corrected chi connectivity index (χ4v) is 1.51. The Labute approximate surface area is 100.0 Å². The van der Waals surface area contributed by atoms with Crippen molar-refractivity contribution in [2.24, 2.45) is 5.92 Å². The highest BCUT2D eigenvalue weighted by molar-refractivity contribution is 6.37. The Kier molecular flexibility index (Phi) is 4.48. The molecule has 0 aliphatic heterocycles. The van der Waals surface area contributed by atoms with E-state index in [0.717, 1.165) is 13.0 Å². The van der Waals surface area contributed by atoms with Crippen molar-refractivity contribution < 1.29 is 0 Å². The number of nitrogens with zero attached hydrogens (tertiary/aromatic N) is 1. The molecule has 5 heteroatoms. The van der Waals surface area contributed by atoms with Gasteiger partial charge in [-0.3, -0.25) is 0 Å². The molecule has 15 heavy (non-hydrogen) atoms. The summed E-state index contributed by atoms with van der Waals surface area (Å²) >= 11 is 11.7. The van der Waals surface area contributed by atoms with Crippen molar-refractivity contribution in [1.82, 2.24) is 4.98 Å². The maximum atomic E-state index is 5.95. The molecule has 0 radical (unpaired) electrons. The summed E-state index contributed by atoms with van der Waals surface area (Å²) in [6.45, 7) is 5.14. The zero-order valence-electron chi connectivity index (χ0n) is 8.85. The van der Waals surface area contributed by atoms with E-state index in [1.807, 2.05) is 0 Å². The van der Waals surface area contributed by atoms with Gasteiger partial charge in [0.05, 0.1) is 10.0 Å². The summed E-state index contributed by atoms with van der Waals surface area (Å²) in [5.41, 5.74) is 5.58. The summed E-state index contributed by atoms with van der Waals surface area (Å²) in [4.78, 5) is 4.07. The van der Waals surface area contributed by atoms with Crippen LogP contribution in [0, 0.1) is 5.92 Å². The van der Waals surface area contributed by atoms with Gasteiger partial charge in [0.1, 0.15) is 11.6 Å². The van der Waals surface area contributed by atoms with Crippen molar-refractivity contribution in [3.05, 3.63) is 16.1 Å². The second kappa shape index (κ2) is 5.42. The van der Waals surface area contributed by atoms with Gasteiger partial charge in [0.25, 0.3) is 0 Å². The van der Waals surface area contributed by atoms with Crippen LogP contribution in [0.4, 0.5) is 11.6 Å². The fraction of sp³-hybridized carbons (Fsp3) is 0.500. The van der Waals surface area contributed by atoms with Crippen LogP contribution < -0.4 is 11.1 Å². The van der Waals surface area contributed by atoms with Crippen molar-refractivity contribution in [2.75, 3.05) is 17.6 Å². The van der Waals surface area contributed by atoms with Gasteiger partial charge < -0.3 is 11.1 Å². The minimum absolute atomic E-state index is 0.299. The van der Waals surface area contributed by atoms with Gasteiger partial charge in [0.2, 0.25) is 0 Å². The molecule has 0 saturated heterocycles. The van der Waals surface area contributed by atoms with Crippen molar-refractivity contribution in [2.45, 2.75) is 20.3 Å². The molecule has 0 fully saturated rings. The summed E-state index contributed by atoms with van der Waals surface area (Å²) in [5, 5.41) is 4.01. The van der Waals surface area contributed by atoms with Crippen LogP contribution in [-0.4, -0.2) is 11.5 Å². The highest BCUT2D eigenvalue weighted by Crippen LogP contribution is 2.27. The first-order valence-corrected chi connectivity index (χ1v) is 5.61. The van der Waals surface area contributed by atoms with Gasteiger partial charge in [0, 0.05) is 6.54 Å². The Bertz CT molecular complexity index is 340. The zero-order valence-corrected chi connectivity index (χ0v) is 10.4. The summed E-state index contributed by atoms with van der Waals surface area (Å²) in [5.74, 6) is 1.54. The Hall–Kier alpha value is -0.670. The fourth-order valence-electron chi connectivity index (χ4n) is 1.08. The molecule has 0 aliphatic rings. The number of nitrogens with one attached hydrogen (secondary N) is 1. The van der Waals surface area contributed by atoms with Crippen LogP contribution in [-0.2, 0) is 0 Å². The summed E-state index contributed by atoms with van der Waals surface area (Å²) in [6.07, 6.45) is 1.06. The van der Waals surface area contributed by atoms with E-state index in [4.69, 9.17) is 28.9 Å². The zero-order chi connectivity index (χ0) is 11.4. The Morgan fingerprint density at radius 3 is 2.67 bits per heavy atom. The average Bonchev–Trinajstić information content (AvgIpc) is 2.13. The lowest BCUT2D eigenvalue weighted by atomic mass is 10.1. The van der Waals surface area contributed by atoms with Crippen LogP contribution in [0.15, 0.2) is 6.07 Å². The number of anilines is 2. The SMILES string of the molecule is CC(C)CCNc1nc(N)c(Cl)cc1Cl. The van der Waals surface area contributed by atoms with Crippen molar-refractivity contribution in [3.8, 4) is 0 Å². The maximum Gasteiger partial charge on any atom is 0.147 e. The number of pyridine rings is 1. The summed E-state index contributed by atoms with van der Waals surface area (Å²) in [6, 6.07) is 1.60. The molecule has 0 amide bonds. The molecule has 0 spiro atoms. The smallest absolute Gasteiger partial charge is 0.147 e. The Morgan fingerprint density at radius 2 is 2.07 bits per heavy atom. The van der Waals surface area contributed by atoms with Crippen LogP contribution in [0.3, 0.4) is 0 Å². The van der Waals surface area contributed by atoms with E-state index in [2.05, 4.69) is 24.1 Å². The van der Waals surface area contributed by atoms with E-state index in [-0.39, 0.29) is 0 Å². The van der Waals surface area contributed by atoms with E-state index >= 15 is 0 Å². The van der Waals surface area contributed by atoms with Gasteiger partial charge in [-0.25, -0.2) is 4.98 Å². The lowest BCUT2D eigenvalue weighted by Gasteiger charge is -2.10. The topological polar surface area (TPSA) is 50.9 Å². The minimum Gasteiger partial charge on any atom is -0.382 e. The van der Waals surface area contributed by atoms with Gasteiger partial charge in [-0.15, -0.1) is 0 Å². The first kappa shape index (κ1) is 12.4. The van der Waals surface area contributed by atoms with E-state index in [1.165, 1.54) is 0 Å². The van der Waals surface area contributed by atoms with Gasteiger partial charge in [0.15, 0.2) is 0 Å². The van der Waals surface area contributed by atoms with E-state index in [0.29, 0.717) is 27.6 Å². The van der Waals surface area contributed by atoms with Crippen LogP contribution in [0.1, 0.15) is 20.3 Å². The summed E-state index contributed by atoms with van der Waals surface area (Å²) < 4.78 is 0. The monoisotopic (exact) mass is 247 g/mol. The molecular weight excluding hydrogens is 233 g/mol. The second-order valence-corrected chi connectivity index (χ2v) is 4.61. The molecule has 0 aliphatic carbocycles. The molecular formula is C10H15Cl2N3. The highest BCUT2D eigenvalue weighted by atomic mass is 35.5.